The first kappa shape index (κ1) is 13.8. The molecule has 0 aliphatic heterocycles. The molecule has 1 aliphatic carbocycles. The number of benzene rings is 1. The third-order valence-electron chi connectivity index (χ3n) is 3.65. The van der Waals surface area contributed by atoms with Crippen molar-refractivity contribution in [3.05, 3.63) is 28.2 Å². The lowest BCUT2D eigenvalue weighted by atomic mass is 10.1. The van der Waals surface area contributed by atoms with E-state index in [0.717, 1.165) is 29.2 Å². The summed E-state index contributed by atoms with van der Waals surface area (Å²) in [4.78, 5) is 2.36. The summed E-state index contributed by atoms with van der Waals surface area (Å²) in [7, 11) is 3.85. The number of likely N-dealkylation sites (N-methyl/N-ethyl adjacent to an activating group) is 1. The first-order valence-electron chi connectivity index (χ1n) is 6.38. The summed E-state index contributed by atoms with van der Waals surface area (Å²) < 4.78 is 6.40. The van der Waals surface area contributed by atoms with Crippen LogP contribution in [0.4, 0.5) is 0 Å². The second-order valence-electron chi connectivity index (χ2n) is 5.01. The Hall–Kier alpha value is -0.580. The van der Waals surface area contributed by atoms with Gasteiger partial charge in [-0.05, 0) is 49.6 Å². The van der Waals surface area contributed by atoms with E-state index in [2.05, 4.69) is 33.9 Å². The summed E-state index contributed by atoms with van der Waals surface area (Å²) >= 11 is 3.60. The molecule has 1 aromatic rings. The molecule has 1 atom stereocenters. The Morgan fingerprint density at radius 3 is 2.78 bits per heavy atom. The van der Waals surface area contributed by atoms with Gasteiger partial charge in [-0.25, -0.2) is 0 Å². The molecule has 0 aromatic heterocycles. The van der Waals surface area contributed by atoms with Gasteiger partial charge in [0.15, 0.2) is 0 Å². The highest BCUT2D eigenvalue weighted by molar-refractivity contribution is 9.10. The average Bonchev–Trinajstić information content (AvgIpc) is 3.17. The number of rotatable bonds is 6. The van der Waals surface area contributed by atoms with Gasteiger partial charge in [-0.15, -0.1) is 0 Å². The fourth-order valence-corrected chi connectivity index (χ4v) is 2.77. The Morgan fingerprint density at radius 2 is 2.22 bits per heavy atom. The van der Waals surface area contributed by atoms with E-state index in [1.165, 1.54) is 18.4 Å². The van der Waals surface area contributed by atoms with Crippen molar-refractivity contribution in [1.82, 2.24) is 4.90 Å². The molecule has 1 fully saturated rings. The standard InChI is InChI=1S/C14H21BrN2O/c1-17(14(8-16)10-3-4-10)9-11-7-12(18-2)5-6-13(11)15/h5-7,10,14H,3-4,8-9,16H2,1-2H3. The molecule has 0 saturated heterocycles. The van der Waals surface area contributed by atoms with Gasteiger partial charge in [0, 0.05) is 23.6 Å². The number of nitrogens with two attached hydrogens (primary N) is 1. The maximum atomic E-state index is 5.88. The molecule has 100 valence electrons. The highest BCUT2D eigenvalue weighted by Gasteiger charge is 2.32. The van der Waals surface area contributed by atoms with Crippen LogP contribution in [0.2, 0.25) is 0 Å². The van der Waals surface area contributed by atoms with Crippen LogP contribution < -0.4 is 10.5 Å². The maximum absolute atomic E-state index is 5.88. The van der Waals surface area contributed by atoms with E-state index in [1.54, 1.807) is 7.11 Å². The van der Waals surface area contributed by atoms with Gasteiger partial charge >= 0.3 is 0 Å². The Bertz CT molecular complexity index is 407. The number of nitrogens with zero attached hydrogens (tertiary/aromatic N) is 1. The third kappa shape index (κ3) is 3.25. The monoisotopic (exact) mass is 312 g/mol. The zero-order chi connectivity index (χ0) is 13.1. The summed E-state index contributed by atoms with van der Waals surface area (Å²) in [5.74, 6) is 1.70. The van der Waals surface area contributed by atoms with Gasteiger partial charge in [0.1, 0.15) is 5.75 Å². The lowest BCUT2D eigenvalue weighted by Gasteiger charge is -2.27. The van der Waals surface area contributed by atoms with Crippen LogP contribution in [0.1, 0.15) is 18.4 Å². The third-order valence-corrected chi connectivity index (χ3v) is 4.42. The molecule has 2 rings (SSSR count). The maximum Gasteiger partial charge on any atom is 0.119 e. The minimum Gasteiger partial charge on any atom is -0.497 e. The smallest absolute Gasteiger partial charge is 0.119 e. The molecule has 0 spiro atoms. The van der Waals surface area contributed by atoms with Crippen LogP contribution in [0, 0.1) is 5.92 Å². The van der Waals surface area contributed by atoms with Crippen molar-refractivity contribution in [3.8, 4) is 5.75 Å². The molecule has 1 saturated carbocycles. The van der Waals surface area contributed by atoms with E-state index in [-0.39, 0.29) is 0 Å². The van der Waals surface area contributed by atoms with Crippen molar-refractivity contribution < 1.29 is 4.74 Å². The summed E-state index contributed by atoms with van der Waals surface area (Å²) in [5.41, 5.74) is 7.13. The fourth-order valence-electron chi connectivity index (χ4n) is 2.40. The molecule has 0 amide bonds. The summed E-state index contributed by atoms with van der Waals surface area (Å²) in [6, 6.07) is 6.59. The number of halogens is 1. The van der Waals surface area contributed by atoms with Crippen LogP contribution >= 0.6 is 15.9 Å². The van der Waals surface area contributed by atoms with E-state index >= 15 is 0 Å². The molecule has 1 aliphatic rings. The fraction of sp³-hybridized carbons (Fsp3) is 0.571. The molecule has 1 aromatic carbocycles. The lowest BCUT2D eigenvalue weighted by molar-refractivity contribution is 0.215. The van der Waals surface area contributed by atoms with E-state index in [1.807, 2.05) is 12.1 Å². The number of hydrogen-bond acceptors (Lipinski definition) is 3. The second kappa shape index (κ2) is 6.04. The highest BCUT2D eigenvalue weighted by Crippen LogP contribution is 2.35. The van der Waals surface area contributed by atoms with Gasteiger partial charge in [-0.3, -0.25) is 4.90 Å². The Kier molecular flexibility index (Phi) is 4.65. The summed E-state index contributed by atoms with van der Waals surface area (Å²) in [5, 5.41) is 0. The molecule has 1 unspecified atom stereocenters. The summed E-state index contributed by atoms with van der Waals surface area (Å²) in [6.45, 7) is 1.64. The van der Waals surface area contributed by atoms with Gasteiger partial charge < -0.3 is 10.5 Å². The van der Waals surface area contributed by atoms with Crippen molar-refractivity contribution in [2.75, 3.05) is 20.7 Å². The molecule has 2 N–H and O–H groups in total. The van der Waals surface area contributed by atoms with Crippen molar-refractivity contribution in [1.29, 1.82) is 0 Å². The second-order valence-corrected chi connectivity index (χ2v) is 5.87. The van der Waals surface area contributed by atoms with Crippen LogP contribution in [0.3, 0.4) is 0 Å². The van der Waals surface area contributed by atoms with Crippen molar-refractivity contribution in [3.63, 3.8) is 0 Å². The van der Waals surface area contributed by atoms with E-state index in [4.69, 9.17) is 10.5 Å². The molecular weight excluding hydrogens is 292 g/mol. The Labute approximate surface area is 117 Å². The number of hydrogen-bond donors (Lipinski definition) is 1. The molecule has 0 heterocycles. The topological polar surface area (TPSA) is 38.5 Å². The molecule has 18 heavy (non-hydrogen) atoms. The van der Waals surface area contributed by atoms with Gasteiger partial charge in [-0.1, -0.05) is 15.9 Å². The normalized spacial score (nSPS) is 16.9. The predicted octanol–water partition coefficient (Wildman–Crippen LogP) is 2.63. The number of methoxy groups -OCH3 is 1. The van der Waals surface area contributed by atoms with E-state index in [0.29, 0.717) is 6.04 Å². The SMILES string of the molecule is COc1ccc(Br)c(CN(C)C(CN)C2CC2)c1. The first-order chi connectivity index (χ1) is 8.65. The molecule has 0 bridgehead atoms. The number of ether oxygens (including phenoxy) is 1. The minimum atomic E-state index is 0.503. The zero-order valence-corrected chi connectivity index (χ0v) is 12.6. The largest absolute Gasteiger partial charge is 0.497 e. The lowest BCUT2D eigenvalue weighted by Crippen LogP contribution is -2.39. The van der Waals surface area contributed by atoms with Gasteiger partial charge in [0.25, 0.3) is 0 Å². The highest BCUT2D eigenvalue weighted by atomic mass is 79.9. The van der Waals surface area contributed by atoms with Crippen LogP contribution in [0.5, 0.6) is 5.75 Å². The predicted molar refractivity (Wildman–Crippen MR) is 77.7 cm³/mol. The Balaban J connectivity index is 2.07. The molecule has 0 radical (unpaired) electrons. The van der Waals surface area contributed by atoms with Crippen LogP contribution in [-0.2, 0) is 6.54 Å². The van der Waals surface area contributed by atoms with E-state index in [9.17, 15) is 0 Å². The van der Waals surface area contributed by atoms with Crippen LogP contribution in [-0.4, -0.2) is 31.6 Å². The molecule has 4 heteroatoms. The molecule has 3 nitrogen and oxygen atoms in total. The van der Waals surface area contributed by atoms with Gasteiger partial charge in [0.05, 0.1) is 7.11 Å². The van der Waals surface area contributed by atoms with Crippen molar-refractivity contribution in [2.24, 2.45) is 11.7 Å². The van der Waals surface area contributed by atoms with Crippen molar-refractivity contribution in [2.45, 2.75) is 25.4 Å². The molecular formula is C14H21BrN2O. The van der Waals surface area contributed by atoms with Gasteiger partial charge in [0.2, 0.25) is 0 Å². The minimum absolute atomic E-state index is 0.503. The average molecular weight is 313 g/mol. The van der Waals surface area contributed by atoms with Crippen LogP contribution in [0.15, 0.2) is 22.7 Å². The first-order valence-corrected chi connectivity index (χ1v) is 7.17. The zero-order valence-electron chi connectivity index (χ0n) is 11.0. The van der Waals surface area contributed by atoms with Crippen LogP contribution in [0.25, 0.3) is 0 Å². The quantitative estimate of drug-likeness (QED) is 0.877. The van der Waals surface area contributed by atoms with E-state index < -0.39 is 0 Å². The van der Waals surface area contributed by atoms with Crippen molar-refractivity contribution >= 4 is 15.9 Å². The van der Waals surface area contributed by atoms with Gasteiger partial charge in [-0.2, -0.15) is 0 Å². The Morgan fingerprint density at radius 1 is 1.50 bits per heavy atom. The summed E-state index contributed by atoms with van der Waals surface area (Å²) in [6.07, 6.45) is 2.65.